The second-order valence-corrected chi connectivity index (χ2v) is 7.19. The Morgan fingerprint density at radius 3 is 2.48 bits per heavy atom. The van der Waals surface area contributed by atoms with E-state index in [1.807, 2.05) is 6.07 Å². The van der Waals surface area contributed by atoms with Crippen molar-refractivity contribution in [3.05, 3.63) is 42.0 Å². The fourth-order valence-corrected chi connectivity index (χ4v) is 3.02. The zero-order valence-corrected chi connectivity index (χ0v) is 16.1. The molecule has 1 aromatic rings. The van der Waals surface area contributed by atoms with Crippen molar-refractivity contribution in [1.82, 2.24) is 0 Å². The Kier molecular flexibility index (Phi) is 10.4. The van der Waals surface area contributed by atoms with Gasteiger partial charge in [-0.05, 0) is 49.8 Å². The average molecular weight is 345 g/mol. The summed E-state index contributed by atoms with van der Waals surface area (Å²) in [6, 6.07) is 8.55. The van der Waals surface area contributed by atoms with Crippen LogP contribution in [0.15, 0.2) is 36.4 Å². The Morgan fingerprint density at radius 1 is 1.00 bits per heavy atom. The molecule has 0 aromatic heterocycles. The van der Waals surface area contributed by atoms with Gasteiger partial charge >= 0.3 is 0 Å². The molecule has 2 nitrogen and oxygen atoms in total. The highest BCUT2D eigenvalue weighted by atomic mass is 16.6. The van der Waals surface area contributed by atoms with Crippen LogP contribution in [0.5, 0.6) is 5.75 Å². The molecule has 1 aromatic carbocycles. The van der Waals surface area contributed by atoms with Crippen molar-refractivity contribution in [1.29, 1.82) is 0 Å². The molecule has 1 fully saturated rings. The number of hydrogen-bond donors (Lipinski definition) is 0. The maximum Gasteiger partial charge on any atom is 0.119 e. The highest BCUT2D eigenvalue weighted by Gasteiger charge is 2.22. The minimum absolute atomic E-state index is 0.330. The lowest BCUT2D eigenvalue weighted by Gasteiger charge is -2.07. The molecule has 1 atom stereocenters. The summed E-state index contributed by atoms with van der Waals surface area (Å²) in [5.74, 6) is 0.987. The molecular formula is C23H36O2. The van der Waals surface area contributed by atoms with Crippen LogP contribution in [0.25, 0.3) is 0 Å². The summed E-state index contributed by atoms with van der Waals surface area (Å²) in [5.41, 5.74) is 1.40. The molecule has 1 aliphatic rings. The molecule has 1 aliphatic heterocycles. The lowest BCUT2D eigenvalue weighted by atomic mass is 10.0. The van der Waals surface area contributed by atoms with Gasteiger partial charge in [0.15, 0.2) is 0 Å². The van der Waals surface area contributed by atoms with E-state index in [0.717, 1.165) is 12.4 Å². The van der Waals surface area contributed by atoms with Gasteiger partial charge in [-0.25, -0.2) is 0 Å². The third-order valence-corrected chi connectivity index (χ3v) is 4.69. The number of aryl methyl sites for hydroxylation is 1. The molecule has 2 heteroatoms. The quantitative estimate of drug-likeness (QED) is 0.206. The van der Waals surface area contributed by atoms with E-state index in [0.29, 0.717) is 12.7 Å². The van der Waals surface area contributed by atoms with Gasteiger partial charge in [0.05, 0.1) is 6.61 Å². The van der Waals surface area contributed by atoms with Gasteiger partial charge in [0, 0.05) is 0 Å². The molecule has 140 valence electrons. The van der Waals surface area contributed by atoms with Gasteiger partial charge < -0.3 is 9.47 Å². The first-order valence-electron chi connectivity index (χ1n) is 10.4. The zero-order chi connectivity index (χ0) is 17.6. The second kappa shape index (κ2) is 13.0. The SMILES string of the molecule is CCC/C=C/CCCCCCCCCc1cccc(OCC2CO2)c1. The van der Waals surface area contributed by atoms with Gasteiger partial charge in [-0.1, -0.05) is 69.7 Å². The summed E-state index contributed by atoms with van der Waals surface area (Å²) in [4.78, 5) is 0. The van der Waals surface area contributed by atoms with Gasteiger partial charge in [0.25, 0.3) is 0 Å². The number of unbranched alkanes of at least 4 members (excludes halogenated alkanes) is 8. The fourth-order valence-electron chi connectivity index (χ4n) is 3.02. The van der Waals surface area contributed by atoms with Crippen LogP contribution in [0.1, 0.15) is 76.7 Å². The van der Waals surface area contributed by atoms with Crippen molar-refractivity contribution in [3.8, 4) is 5.75 Å². The van der Waals surface area contributed by atoms with E-state index in [-0.39, 0.29) is 0 Å². The van der Waals surface area contributed by atoms with Gasteiger partial charge in [-0.15, -0.1) is 0 Å². The molecule has 1 saturated heterocycles. The molecule has 0 aliphatic carbocycles. The average Bonchev–Trinajstić information content (AvgIpc) is 3.46. The van der Waals surface area contributed by atoms with E-state index in [9.17, 15) is 0 Å². The van der Waals surface area contributed by atoms with E-state index in [2.05, 4.69) is 37.3 Å². The minimum atomic E-state index is 0.330. The van der Waals surface area contributed by atoms with Crippen LogP contribution in [0.4, 0.5) is 0 Å². The van der Waals surface area contributed by atoms with Gasteiger partial charge in [0.1, 0.15) is 18.5 Å². The van der Waals surface area contributed by atoms with Crippen LogP contribution in [0, 0.1) is 0 Å². The van der Waals surface area contributed by atoms with Crippen molar-refractivity contribution in [2.45, 2.75) is 83.7 Å². The Balaban J connectivity index is 1.43. The number of benzene rings is 1. The summed E-state index contributed by atoms with van der Waals surface area (Å²) in [6.07, 6.45) is 19.5. The summed E-state index contributed by atoms with van der Waals surface area (Å²) < 4.78 is 10.9. The number of epoxide rings is 1. The van der Waals surface area contributed by atoms with Crippen molar-refractivity contribution >= 4 is 0 Å². The lowest BCUT2D eigenvalue weighted by molar-refractivity contribution is 0.263. The molecule has 0 bridgehead atoms. The lowest BCUT2D eigenvalue weighted by Crippen LogP contribution is -2.04. The highest BCUT2D eigenvalue weighted by Crippen LogP contribution is 2.18. The van der Waals surface area contributed by atoms with Crippen LogP contribution in [0.3, 0.4) is 0 Å². The number of allylic oxidation sites excluding steroid dienone is 2. The molecule has 0 radical (unpaired) electrons. The Morgan fingerprint density at radius 2 is 1.72 bits per heavy atom. The van der Waals surface area contributed by atoms with E-state index in [1.165, 1.54) is 76.2 Å². The summed E-state index contributed by atoms with van der Waals surface area (Å²) in [5, 5.41) is 0. The van der Waals surface area contributed by atoms with Crippen LogP contribution < -0.4 is 4.74 Å². The summed E-state index contributed by atoms with van der Waals surface area (Å²) in [7, 11) is 0. The topological polar surface area (TPSA) is 21.8 Å². The van der Waals surface area contributed by atoms with Gasteiger partial charge in [-0.3, -0.25) is 0 Å². The molecule has 0 amide bonds. The standard InChI is InChI=1S/C23H36O2/c1-2-3-4-5-6-7-8-9-10-11-12-13-15-21-16-14-17-22(18-21)24-19-23-20-25-23/h4-5,14,16-18,23H,2-3,6-13,15,19-20H2,1H3/b5-4+. The zero-order valence-electron chi connectivity index (χ0n) is 16.1. The van der Waals surface area contributed by atoms with Crippen molar-refractivity contribution < 1.29 is 9.47 Å². The summed E-state index contributed by atoms with van der Waals surface area (Å²) in [6.45, 7) is 3.78. The van der Waals surface area contributed by atoms with E-state index in [1.54, 1.807) is 0 Å². The third-order valence-electron chi connectivity index (χ3n) is 4.69. The predicted octanol–water partition coefficient (Wildman–Crippen LogP) is 6.48. The normalized spacial score (nSPS) is 16.4. The highest BCUT2D eigenvalue weighted by molar-refractivity contribution is 5.28. The molecule has 1 unspecified atom stereocenters. The van der Waals surface area contributed by atoms with Crippen molar-refractivity contribution in [3.63, 3.8) is 0 Å². The molecule has 0 spiro atoms. The Hall–Kier alpha value is -1.28. The molecule has 1 heterocycles. The first-order chi connectivity index (χ1) is 12.4. The van der Waals surface area contributed by atoms with Gasteiger partial charge in [-0.2, -0.15) is 0 Å². The maximum atomic E-state index is 5.75. The van der Waals surface area contributed by atoms with Crippen LogP contribution in [0.2, 0.25) is 0 Å². The van der Waals surface area contributed by atoms with Gasteiger partial charge in [0.2, 0.25) is 0 Å². The summed E-state index contributed by atoms with van der Waals surface area (Å²) >= 11 is 0. The Bertz CT molecular complexity index is 477. The number of rotatable bonds is 15. The van der Waals surface area contributed by atoms with E-state index >= 15 is 0 Å². The van der Waals surface area contributed by atoms with Crippen molar-refractivity contribution in [2.24, 2.45) is 0 Å². The minimum Gasteiger partial charge on any atom is -0.491 e. The molecule has 25 heavy (non-hydrogen) atoms. The fraction of sp³-hybridized carbons (Fsp3) is 0.652. The number of hydrogen-bond acceptors (Lipinski definition) is 2. The predicted molar refractivity (Wildman–Crippen MR) is 106 cm³/mol. The monoisotopic (exact) mass is 344 g/mol. The molecule has 0 saturated carbocycles. The first kappa shape index (κ1) is 20.0. The van der Waals surface area contributed by atoms with Crippen molar-refractivity contribution in [2.75, 3.05) is 13.2 Å². The molecular weight excluding hydrogens is 308 g/mol. The largest absolute Gasteiger partial charge is 0.491 e. The first-order valence-corrected chi connectivity index (χ1v) is 10.4. The van der Waals surface area contributed by atoms with E-state index < -0.39 is 0 Å². The van der Waals surface area contributed by atoms with Crippen LogP contribution in [-0.2, 0) is 11.2 Å². The van der Waals surface area contributed by atoms with E-state index in [4.69, 9.17) is 9.47 Å². The molecule has 2 rings (SSSR count). The number of ether oxygens (including phenoxy) is 2. The molecule has 0 N–H and O–H groups in total. The smallest absolute Gasteiger partial charge is 0.119 e. The van der Waals surface area contributed by atoms with Crippen LogP contribution >= 0.6 is 0 Å². The maximum absolute atomic E-state index is 5.75. The Labute approximate surface area is 154 Å². The van der Waals surface area contributed by atoms with Crippen LogP contribution in [-0.4, -0.2) is 19.3 Å². The second-order valence-electron chi connectivity index (χ2n) is 7.19. The third kappa shape index (κ3) is 10.3.